The van der Waals surface area contributed by atoms with Crippen molar-refractivity contribution in [2.75, 3.05) is 26.7 Å². The van der Waals surface area contributed by atoms with Gasteiger partial charge in [0.1, 0.15) is 12.1 Å². The molecule has 0 radical (unpaired) electrons. The fourth-order valence-electron chi connectivity index (χ4n) is 4.56. The second-order valence-electron chi connectivity index (χ2n) is 10.1. The Hall–Kier alpha value is -3.21. The molecule has 206 valence electrons. The lowest BCUT2D eigenvalue weighted by molar-refractivity contribution is 0.0790. The van der Waals surface area contributed by atoms with Crippen molar-refractivity contribution in [3.63, 3.8) is 0 Å². The van der Waals surface area contributed by atoms with E-state index in [4.69, 9.17) is 16.0 Å². The van der Waals surface area contributed by atoms with Gasteiger partial charge in [0, 0.05) is 36.8 Å². The highest BCUT2D eigenvalue weighted by atomic mass is 35.5. The number of oxazole rings is 1. The normalized spacial score (nSPS) is 15.4. The van der Waals surface area contributed by atoms with Crippen LogP contribution in [0.3, 0.4) is 0 Å². The molecule has 0 saturated heterocycles. The molecule has 9 nitrogen and oxygen atoms in total. The van der Waals surface area contributed by atoms with Gasteiger partial charge >= 0.3 is 0 Å². The van der Waals surface area contributed by atoms with Gasteiger partial charge < -0.3 is 14.6 Å². The molecule has 39 heavy (non-hydrogen) atoms. The van der Waals surface area contributed by atoms with Gasteiger partial charge in [-0.05, 0) is 61.9 Å². The third kappa shape index (κ3) is 6.03. The Kier molecular flexibility index (Phi) is 7.80. The second-order valence-corrected chi connectivity index (χ2v) is 12.4. The summed E-state index contributed by atoms with van der Waals surface area (Å²) in [5.41, 5.74) is 3.59. The zero-order valence-corrected chi connectivity index (χ0v) is 23.8. The number of amides is 1. The molecule has 1 saturated carbocycles. The number of aliphatic imine (C=N–C) groups is 1. The Morgan fingerprint density at radius 3 is 2.56 bits per heavy atom. The van der Waals surface area contributed by atoms with Gasteiger partial charge in [-0.3, -0.25) is 9.79 Å². The topological polar surface area (TPSA) is 108 Å². The molecule has 1 fully saturated rings. The highest BCUT2D eigenvalue weighted by Crippen LogP contribution is 2.35. The number of hydrogen-bond acceptors (Lipinski definition) is 7. The molecule has 2 heterocycles. The molecule has 2 aliphatic rings. The Morgan fingerprint density at radius 2 is 1.90 bits per heavy atom. The minimum Gasteiger partial charge on any atom is -0.447 e. The van der Waals surface area contributed by atoms with Crippen molar-refractivity contribution >= 4 is 33.4 Å². The molecule has 0 spiro atoms. The van der Waals surface area contributed by atoms with Gasteiger partial charge in [-0.1, -0.05) is 35.9 Å². The van der Waals surface area contributed by atoms with Crippen molar-refractivity contribution in [3.05, 3.63) is 81.5 Å². The summed E-state index contributed by atoms with van der Waals surface area (Å²) in [6.45, 7) is 5.63. The standard InChI is InChI=1S/C28H32ClN5O4S/c1-18-15-25(19(2)14-23(18)29)39(36,37)34(22-8-9-22)16-26-32-24(17-38-26)28(35)33(3)13-10-20-4-6-21(7-5-20)27-30-11-12-31-27/h4-7,14-15,17,22H,8-13,16H2,1-3H3,(H,30,31). The van der Waals surface area contributed by atoms with Gasteiger partial charge in [-0.15, -0.1) is 0 Å². The molecule has 1 amide bonds. The number of nitrogens with one attached hydrogen (secondary N) is 1. The minimum atomic E-state index is -3.81. The summed E-state index contributed by atoms with van der Waals surface area (Å²) in [5, 5.41) is 3.79. The van der Waals surface area contributed by atoms with Crippen LogP contribution in [0, 0.1) is 13.8 Å². The average Bonchev–Trinajstić information content (AvgIpc) is 3.39. The van der Waals surface area contributed by atoms with Gasteiger partial charge in [0.15, 0.2) is 5.69 Å². The lowest BCUT2D eigenvalue weighted by Gasteiger charge is -2.22. The fraction of sp³-hybridized carbons (Fsp3) is 0.393. The maximum Gasteiger partial charge on any atom is 0.275 e. The summed E-state index contributed by atoms with van der Waals surface area (Å²) < 4.78 is 34.2. The van der Waals surface area contributed by atoms with Crippen LogP contribution in [0.1, 0.15) is 51.5 Å². The molecule has 2 aromatic carbocycles. The van der Waals surface area contributed by atoms with E-state index in [-0.39, 0.29) is 35.0 Å². The van der Waals surface area contributed by atoms with Crippen LogP contribution >= 0.6 is 11.6 Å². The van der Waals surface area contributed by atoms with Crippen LogP contribution in [0.2, 0.25) is 5.02 Å². The van der Waals surface area contributed by atoms with Crippen LogP contribution in [0.15, 0.2) is 57.0 Å². The maximum atomic E-state index is 13.6. The lowest BCUT2D eigenvalue weighted by Crippen LogP contribution is -2.33. The number of amidine groups is 1. The molecule has 1 aromatic heterocycles. The molecular weight excluding hydrogens is 538 g/mol. The first kappa shape index (κ1) is 27.4. The van der Waals surface area contributed by atoms with E-state index < -0.39 is 10.0 Å². The van der Waals surface area contributed by atoms with Gasteiger partial charge in [-0.25, -0.2) is 13.4 Å². The summed E-state index contributed by atoms with van der Waals surface area (Å²) in [7, 11) is -2.10. The van der Waals surface area contributed by atoms with Crippen LogP contribution < -0.4 is 5.32 Å². The van der Waals surface area contributed by atoms with Crippen molar-refractivity contribution in [2.45, 2.75) is 50.6 Å². The van der Waals surface area contributed by atoms with E-state index in [1.165, 1.54) is 10.6 Å². The van der Waals surface area contributed by atoms with Crippen LogP contribution in [0.25, 0.3) is 0 Å². The Labute approximate surface area is 233 Å². The van der Waals surface area contributed by atoms with Crippen molar-refractivity contribution in [2.24, 2.45) is 4.99 Å². The first-order valence-electron chi connectivity index (χ1n) is 13.0. The smallest absolute Gasteiger partial charge is 0.275 e. The zero-order chi connectivity index (χ0) is 27.7. The number of carbonyl (C=O) groups excluding carboxylic acids is 1. The zero-order valence-electron chi connectivity index (χ0n) is 22.3. The van der Waals surface area contributed by atoms with Crippen LogP contribution in [-0.2, 0) is 23.0 Å². The van der Waals surface area contributed by atoms with E-state index in [9.17, 15) is 13.2 Å². The van der Waals surface area contributed by atoms with Crippen molar-refractivity contribution in [3.8, 4) is 0 Å². The molecule has 0 bridgehead atoms. The maximum absolute atomic E-state index is 13.6. The number of rotatable bonds is 10. The summed E-state index contributed by atoms with van der Waals surface area (Å²) in [6, 6.07) is 11.3. The third-order valence-corrected chi connectivity index (χ3v) is 9.49. The fourth-order valence-corrected chi connectivity index (χ4v) is 6.71. The molecule has 3 aromatic rings. The molecule has 0 unspecified atom stereocenters. The Morgan fingerprint density at radius 1 is 1.15 bits per heavy atom. The second kappa shape index (κ2) is 11.1. The quantitative estimate of drug-likeness (QED) is 0.396. The van der Waals surface area contributed by atoms with Gasteiger partial charge in [0.2, 0.25) is 15.9 Å². The van der Waals surface area contributed by atoms with Crippen LogP contribution in [0.5, 0.6) is 0 Å². The largest absolute Gasteiger partial charge is 0.447 e. The van der Waals surface area contributed by atoms with Crippen LogP contribution in [0.4, 0.5) is 0 Å². The van der Waals surface area contributed by atoms with E-state index in [0.29, 0.717) is 29.1 Å². The first-order chi connectivity index (χ1) is 18.6. The molecule has 1 N–H and O–H groups in total. The number of halogens is 1. The number of sulfonamides is 1. The highest BCUT2D eigenvalue weighted by Gasteiger charge is 2.40. The van der Waals surface area contributed by atoms with Gasteiger partial charge in [-0.2, -0.15) is 4.31 Å². The third-order valence-electron chi connectivity index (χ3n) is 7.04. The van der Waals surface area contributed by atoms with E-state index in [2.05, 4.69) is 15.3 Å². The molecule has 11 heteroatoms. The summed E-state index contributed by atoms with van der Waals surface area (Å²) in [4.78, 5) is 23.6. The van der Waals surface area contributed by atoms with Gasteiger partial charge in [0.25, 0.3) is 5.91 Å². The molecular formula is C28H32ClN5O4S. The van der Waals surface area contributed by atoms with Crippen molar-refractivity contribution < 1.29 is 17.6 Å². The molecule has 1 aliphatic carbocycles. The summed E-state index contributed by atoms with van der Waals surface area (Å²) >= 11 is 6.19. The minimum absolute atomic E-state index is 0.0440. The summed E-state index contributed by atoms with van der Waals surface area (Å²) in [5.74, 6) is 0.822. The number of likely N-dealkylation sites (N-methyl/N-ethyl adjacent to an activating group) is 1. The van der Waals surface area contributed by atoms with E-state index in [1.807, 2.05) is 24.3 Å². The SMILES string of the molecule is Cc1cc(S(=O)(=O)N(Cc2nc(C(=O)N(C)CCc3ccc(C4=NCCN4)cc3)co2)C2CC2)c(C)cc1Cl. The van der Waals surface area contributed by atoms with Crippen LogP contribution in [-0.4, -0.2) is 67.1 Å². The average molecular weight is 570 g/mol. The van der Waals surface area contributed by atoms with Crippen molar-refractivity contribution in [1.29, 1.82) is 0 Å². The monoisotopic (exact) mass is 569 g/mol. The number of nitrogens with zero attached hydrogens (tertiary/aromatic N) is 4. The van der Waals surface area contributed by atoms with E-state index in [0.717, 1.165) is 42.9 Å². The van der Waals surface area contributed by atoms with Gasteiger partial charge in [0.05, 0.1) is 18.0 Å². The molecule has 5 rings (SSSR count). The Bertz CT molecular complexity index is 1510. The molecule has 1 aliphatic heterocycles. The van der Waals surface area contributed by atoms with E-state index in [1.54, 1.807) is 37.9 Å². The Balaban J connectivity index is 1.23. The first-order valence-corrected chi connectivity index (χ1v) is 14.8. The number of hydrogen-bond donors (Lipinski definition) is 1. The number of benzene rings is 2. The summed E-state index contributed by atoms with van der Waals surface area (Å²) in [6.07, 6.45) is 3.52. The number of carbonyl (C=O) groups is 1. The lowest BCUT2D eigenvalue weighted by atomic mass is 10.1. The predicted molar refractivity (Wildman–Crippen MR) is 150 cm³/mol. The van der Waals surface area contributed by atoms with Crippen molar-refractivity contribution in [1.82, 2.24) is 19.5 Å². The highest BCUT2D eigenvalue weighted by molar-refractivity contribution is 7.89. The predicted octanol–water partition coefficient (Wildman–Crippen LogP) is 3.96. The number of aryl methyl sites for hydroxylation is 2. The molecule has 0 atom stereocenters. The number of aromatic nitrogens is 1. The van der Waals surface area contributed by atoms with E-state index >= 15 is 0 Å².